The number of nitrogens with zero attached hydrogens (tertiary/aromatic N) is 1. The van der Waals surface area contributed by atoms with Crippen LogP contribution in [0.3, 0.4) is 0 Å². The molecule has 10 heteroatoms. The molecule has 0 aliphatic heterocycles. The van der Waals surface area contributed by atoms with Crippen molar-refractivity contribution in [1.29, 1.82) is 0 Å². The highest BCUT2D eigenvalue weighted by atomic mass is 31.2. The average Bonchev–Trinajstić information content (AvgIpc) is 3.46. The van der Waals surface area contributed by atoms with Crippen molar-refractivity contribution in [3.8, 4) is 0 Å². The molecule has 0 radical (unpaired) electrons. The molecule has 488 valence electrons. The van der Waals surface area contributed by atoms with Crippen LogP contribution < -0.4 is 4.89 Å². The van der Waals surface area contributed by atoms with Crippen molar-refractivity contribution in [1.82, 2.24) is 0 Å². The van der Waals surface area contributed by atoms with Crippen LogP contribution in [-0.2, 0) is 32.7 Å². The number of ether oxygens (including phenoxy) is 2. The molecule has 9 nitrogen and oxygen atoms in total. The molecule has 0 rings (SSSR count). The van der Waals surface area contributed by atoms with Gasteiger partial charge in [0.25, 0.3) is 7.82 Å². The Morgan fingerprint density at radius 2 is 0.622 bits per heavy atom. The van der Waals surface area contributed by atoms with E-state index >= 15 is 0 Å². The van der Waals surface area contributed by atoms with Gasteiger partial charge in [-0.05, 0) is 38.5 Å². The normalized spacial score (nSPS) is 13.1. The van der Waals surface area contributed by atoms with Crippen molar-refractivity contribution in [3.05, 3.63) is 12.2 Å². The number of carbonyl (C=O) groups excluding carboxylic acids is 2. The molecule has 2 atom stereocenters. The summed E-state index contributed by atoms with van der Waals surface area (Å²) in [7, 11) is 1.19. The third kappa shape index (κ3) is 67.9. The van der Waals surface area contributed by atoms with E-state index < -0.39 is 26.5 Å². The first kappa shape index (κ1) is 80.8. The average molecular weight is 1180 g/mol. The van der Waals surface area contributed by atoms with Crippen LogP contribution in [0.1, 0.15) is 386 Å². The summed E-state index contributed by atoms with van der Waals surface area (Å²) in [6.07, 6.45) is 78.9. The van der Waals surface area contributed by atoms with Crippen molar-refractivity contribution in [3.63, 3.8) is 0 Å². The minimum Gasteiger partial charge on any atom is -0.756 e. The number of quaternary nitrogens is 1. The van der Waals surface area contributed by atoms with Crippen LogP contribution in [0.15, 0.2) is 12.2 Å². The van der Waals surface area contributed by atoms with E-state index in [1.54, 1.807) is 0 Å². The number of unbranched alkanes of at least 4 members (excludes halogenated alkanes) is 53. The van der Waals surface area contributed by atoms with Gasteiger partial charge in [-0.3, -0.25) is 14.2 Å². The minimum atomic E-state index is -4.64. The van der Waals surface area contributed by atoms with Gasteiger partial charge in [-0.1, -0.05) is 347 Å². The van der Waals surface area contributed by atoms with Crippen molar-refractivity contribution in [2.75, 3.05) is 47.5 Å². The second-order valence-corrected chi connectivity index (χ2v) is 27.7. The molecule has 0 aromatic carbocycles. The molecule has 2 unspecified atom stereocenters. The molecule has 82 heavy (non-hydrogen) atoms. The molecule has 0 fully saturated rings. The van der Waals surface area contributed by atoms with Crippen molar-refractivity contribution >= 4 is 19.8 Å². The van der Waals surface area contributed by atoms with Gasteiger partial charge in [0, 0.05) is 12.8 Å². The SMILES string of the molecule is CCCCCCCCCC/C=C\CCCCCCCCCCCC(=O)OC(COC(=O)CCCCCCCCCCCCCCCCCCCCCCCCCCCCCCCCCCCCCCC)COP(=O)([O-])OCC[N+](C)(C)C. The standard InChI is InChI=1S/C72H142NO8P/c1-6-8-10-12-14-16-18-20-22-24-26-28-29-30-31-32-33-34-35-36-37-38-39-40-41-42-43-45-46-48-50-52-54-56-58-60-62-64-71(74)78-68-70(69-80-82(76,77)79-67-66-73(3,4)5)81-72(75)65-63-61-59-57-55-53-51-49-47-44-27-25-23-21-19-17-15-13-11-9-7-2/h25,27,70H,6-24,26,28-69H2,1-5H3/b27-25-. The molecule has 0 N–H and O–H groups in total. The van der Waals surface area contributed by atoms with Crippen LogP contribution >= 0.6 is 7.82 Å². The van der Waals surface area contributed by atoms with Crippen LogP contribution in [-0.4, -0.2) is 70.0 Å². The Morgan fingerprint density at radius 1 is 0.366 bits per heavy atom. The van der Waals surface area contributed by atoms with Crippen molar-refractivity contribution in [2.45, 2.75) is 392 Å². The molecule has 0 spiro atoms. The first-order valence-electron chi connectivity index (χ1n) is 36.4. The van der Waals surface area contributed by atoms with Crippen LogP contribution in [0.4, 0.5) is 0 Å². The number of carbonyl (C=O) groups is 2. The maximum Gasteiger partial charge on any atom is 0.306 e. The summed E-state index contributed by atoms with van der Waals surface area (Å²) in [5.74, 6) is -0.812. The number of phosphoric ester groups is 1. The zero-order valence-electron chi connectivity index (χ0n) is 55.7. The number of allylic oxidation sites excluding steroid dienone is 2. The molecule has 0 saturated carbocycles. The van der Waals surface area contributed by atoms with Crippen LogP contribution in [0, 0.1) is 0 Å². The molecule has 0 heterocycles. The predicted molar refractivity (Wildman–Crippen MR) is 352 cm³/mol. The summed E-state index contributed by atoms with van der Waals surface area (Å²) in [6, 6.07) is 0. The highest BCUT2D eigenvalue weighted by Gasteiger charge is 2.22. The van der Waals surface area contributed by atoms with Crippen LogP contribution in [0.5, 0.6) is 0 Å². The van der Waals surface area contributed by atoms with Gasteiger partial charge in [-0.25, -0.2) is 0 Å². The lowest BCUT2D eigenvalue weighted by Crippen LogP contribution is -2.37. The van der Waals surface area contributed by atoms with E-state index in [0.29, 0.717) is 17.4 Å². The highest BCUT2D eigenvalue weighted by Crippen LogP contribution is 2.38. The zero-order valence-corrected chi connectivity index (χ0v) is 56.6. The van der Waals surface area contributed by atoms with Gasteiger partial charge in [0.15, 0.2) is 6.10 Å². The van der Waals surface area contributed by atoms with Crippen LogP contribution in [0.25, 0.3) is 0 Å². The van der Waals surface area contributed by atoms with Gasteiger partial charge < -0.3 is 27.9 Å². The van der Waals surface area contributed by atoms with Crippen LogP contribution in [0.2, 0.25) is 0 Å². The van der Waals surface area contributed by atoms with E-state index in [4.69, 9.17) is 18.5 Å². The van der Waals surface area contributed by atoms with Gasteiger partial charge >= 0.3 is 11.9 Å². The molecular weight excluding hydrogens is 1040 g/mol. The van der Waals surface area contributed by atoms with Gasteiger partial charge in [0.05, 0.1) is 27.7 Å². The summed E-state index contributed by atoms with van der Waals surface area (Å²) >= 11 is 0. The molecular formula is C72H142NO8P. The summed E-state index contributed by atoms with van der Waals surface area (Å²) < 4.78 is 34.3. The number of likely N-dealkylation sites (N-methyl/N-ethyl adjacent to an activating group) is 1. The summed E-state index contributed by atoms with van der Waals surface area (Å²) in [5.41, 5.74) is 0. The third-order valence-corrected chi connectivity index (χ3v) is 17.7. The van der Waals surface area contributed by atoms with E-state index in [9.17, 15) is 19.0 Å². The Kier molecular flexibility index (Phi) is 63.3. The molecule has 0 bridgehead atoms. The Bertz CT molecular complexity index is 1390. The fourth-order valence-electron chi connectivity index (χ4n) is 11.2. The summed E-state index contributed by atoms with van der Waals surface area (Å²) in [5, 5.41) is 0. The second-order valence-electron chi connectivity index (χ2n) is 26.3. The maximum atomic E-state index is 12.8. The van der Waals surface area contributed by atoms with Gasteiger partial charge in [-0.15, -0.1) is 0 Å². The number of rotatable bonds is 69. The lowest BCUT2D eigenvalue weighted by Gasteiger charge is -2.28. The highest BCUT2D eigenvalue weighted by molar-refractivity contribution is 7.45. The lowest BCUT2D eigenvalue weighted by atomic mass is 10.0. The number of hydrogen-bond donors (Lipinski definition) is 0. The van der Waals surface area contributed by atoms with Crippen molar-refractivity contribution in [2.24, 2.45) is 0 Å². The molecule has 0 aromatic heterocycles. The Balaban J connectivity index is 3.89. The van der Waals surface area contributed by atoms with E-state index in [-0.39, 0.29) is 32.0 Å². The number of hydrogen-bond acceptors (Lipinski definition) is 8. The quantitative estimate of drug-likeness (QED) is 0.0195. The largest absolute Gasteiger partial charge is 0.756 e. The first-order chi connectivity index (χ1) is 40.0. The Morgan fingerprint density at radius 3 is 0.902 bits per heavy atom. The zero-order chi connectivity index (χ0) is 59.8. The molecule has 0 aliphatic rings. The van der Waals surface area contributed by atoms with E-state index in [1.807, 2.05) is 21.1 Å². The first-order valence-corrected chi connectivity index (χ1v) is 37.9. The van der Waals surface area contributed by atoms with Gasteiger partial charge in [0.1, 0.15) is 19.8 Å². The van der Waals surface area contributed by atoms with E-state index in [2.05, 4.69) is 26.0 Å². The summed E-state index contributed by atoms with van der Waals surface area (Å²) in [6.45, 7) is 4.32. The molecule has 0 saturated heterocycles. The number of phosphoric acid groups is 1. The molecule has 0 aromatic rings. The fourth-order valence-corrected chi connectivity index (χ4v) is 11.9. The van der Waals surface area contributed by atoms with Gasteiger partial charge in [-0.2, -0.15) is 0 Å². The minimum absolute atomic E-state index is 0.0272. The lowest BCUT2D eigenvalue weighted by molar-refractivity contribution is -0.870. The topological polar surface area (TPSA) is 111 Å². The van der Waals surface area contributed by atoms with E-state index in [1.165, 1.54) is 315 Å². The third-order valence-electron chi connectivity index (χ3n) is 16.8. The Hall–Kier alpha value is -1.25. The van der Waals surface area contributed by atoms with Crippen molar-refractivity contribution < 1.29 is 42.1 Å². The smallest absolute Gasteiger partial charge is 0.306 e. The molecule has 0 amide bonds. The number of esters is 2. The Labute approximate surface area is 511 Å². The van der Waals surface area contributed by atoms with Gasteiger partial charge in [0.2, 0.25) is 0 Å². The second kappa shape index (κ2) is 64.2. The van der Waals surface area contributed by atoms with E-state index in [0.717, 1.165) is 38.5 Å². The predicted octanol–water partition coefficient (Wildman–Crippen LogP) is 22.9. The summed E-state index contributed by atoms with van der Waals surface area (Å²) in [4.78, 5) is 38.0. The monoisotopic (exact) mass is 1180 g/mol. The molecule has 0 aliphatic carbocycles. The maximum absolute atomic E-state index is 12.8. The fraction of sp³-hybridized carbons (Fsp3) is 0.944.